The van der Waals surface area contributed by atoms with E-state index in [1.54, 1.807) is 13.2 Å². The number of rotatable bonds is 2. The maximum Gasteiger partial charge on any atom is 0.180 e. The SMILES string of the molecule is COc1cccn2cc(-c3cccc(F)c3)nc12. The molecule has 0 bridgehead atoms. The number of ether oxygens (including phenoxy) is 1. The highest BCUT2D eigenvalue weighted by molar-refractivity contribution is 5.65. The van der Waals surface area contributed by atoms with Gasteiger partial charge in [-0.05, 0) is 24.3 Å². The van der Waals surface area contributed by atoms with Gasteiger partial charge in [-0.15, -0.1) is 0 Å². The van der Waals surface area contributed by atoms with E-state index in [1.165, 1.54) is 12.1 Å². The van der Waals surface area contributed by atoms with Crippen LogP contribution in [0.3, 0.4) is 0 Å². The monoisotopic (exact) mass is 242 g/mol. The van der Waals surface area contributed by atoms with Gasteiger partial charge >= 0.3 is 0 Å². The van der Waals surface area contributed by atoms with Gasteiger partial charge in [-0.25, -0.2) is 9.37 Å². The molecule has 0 aliphatic carbocycles. The standard InChI is InChI=1S/C14H11FN2O/c1-18-13-6-3-7-17-9-12(16-14(13)17)10-4-2-5-11(15)8-10/h2-9H,1H3. The zero-order valence-corrected chi connectivity index (χ0v) is 9.80. The van der Waals surface area contributed by atoms with Crippen molar-refractivity contribution in [1.82, 2.24) is 9.38 Å². The second-order valence-corrected chi connectivity index (χ2v) is 3.94. The maximum atomic E-state index is 13.2. The van der Waals surface area contributed by atoms with E-state index in [-0.39, 0.29) is 5.82 Å². The number of halogens is 1. The quantitative estimate of drug-likeness (QED) is 0.690. The number of aromatic nitrogens is 2. The summed E-state index contributed by atoms with van der Waals surface area (Å²) < 4.78 is 20.3. The van der Waals surface area contributed by atoms with E-state index >= 15 is 0 Å². The molecule has 3 rings (SSSR count). The number of fused-ring (bicyclic) bond motifs is 1. The molecule has 3 aromatic rings. The molecule has 0 radical (unpaired) electrons. The van der Waals surface area contributed by atoms with Crippen LogP contribution in [-0.2, 0) is 0 Å². The lowest BCUT2D eigenvalue weighted by molar-refractivity contribution is 0.417. The molecule has 0 amide bonds. The van der Waals surface area contributed by atoms with Crippen molar-refractivity contribution in [3.8, 4) is 17.0 Å². The zero-order chi connectivity index (χ0) is 12.5. The van der Waals surface area contributed by atoms with Crippen molar-refractivity contribution < 1.29 is 9.13 Å². The fraction of sp³-hybridized carbons (Fsp3) is 0.0714. The minimum Gasteiger partial charge on any atom is -0.493 e. The number of pyridine rings is 1. The van der Waals surface area contributed by atoms with E-state index in [0.717, 1.165) is 16.9 Å². The predicted octanol–water partition coefficient (Wildman–Crippen LogP) is 3.15. The molecule has 4 heteroatoms. The largest absolute Gasteiger partial charge is 0.493 e. The molecule has 0 aliphatic rings. The lowest BCUT2D eigenvalue weighted by Gasteiger charge is -1.99. The highest BCUT2D eigenvalue weighted by Crippen LogP contribution is 2.24. The van der Waals surface area contributed by atoms with E-state index in [2.05, 4.69) is 4.98 Å². The van der Waals surface area contributed by atoms with Gasteiger partial charge in [0.15, 0.2) is 11.4 Å². The molecule has 3 nitrogen and oxygen atoms in total. The summed E-state index contributed by atoms with van der Waals surface area (Å²) in [5.41, 5.74) is 2.19. The van der Waals surface area contributed by atoms with Crippen LogP contribution in [0.2, 0.25) is 0 Å². The highest BCUT2D eigenvalue weighted by Gasteiger charge is 2.08. The molecular formula is C14H11FN2O. The summed E-state index contributed by atoms with van der Waals surface area (Å²) in [6.45, 7) is 0. The van der Waals surface area contributed by atoms with Crippen molar-refractivity contribution in [3.63, 3.8) is 0 Å². The molecule has 0 unspecified atom stereocenters. The Morgan fingerprint density at radius 3 is 2.89 bits per heavy atom. The van der Waals surface area contributed by atoms with Crippen molar-refractivity contribution in [3.05, 3.63) is 54.6 Å². The smallest absolute Gasteiger partial charge is 0.180 e. The van der Waals surface area contributed by atoms with Gasteiger partial charge in [-0.3, -0.25) is 0 Å². The minimum absolute atomic E-state index is 0.267. The molecule has 0 atom stereocenters. The van der Waals surface area contributed by atoms with E-state index in [9.17, 15) is 4.39 Å². The number of hydrogen-bond donors (Lipinski definition) is 0. The Balaban J connectivity index is 2.19. The Labute approximate surface area is 103 Å². The molecule has 90 valence electrons. The molecule has 2 aromatic heterocycles. The normalized spacial score (nSPS) is 10.8. The molecule has 0 spiro atoms. The molecule has 18 heavy (non-hydrogen) atoms. The lowest BCUT2D eigenvalue weighted by atomic mass is 10.2. The van der Waals surface area contributed by atoms with Crippen LogP contribution < -0.4 is 4.74 Å². The average Bonchev–Trinajstić information content (AvgIpc) is 2.82. The van der Waals surface area contributed by atoms with Crippen LogP contribution in [0.25, 0.3) is 16.9 Å². The highest BCUT2D eigenvalue weighted by atomic mass is 19.1. The molecule has 0 aliphatic heterocycles. The Bertz CT molecular complexity index is 706. The van der Waals surface area contributed by atoms with E-state index in [0.29, 0.717) is 5.75 Å². The summed E-state index contributed by atoms with van der Waals surface area (Å²) in [5.74, 6) is 0.427. The van der Waals surface area contributed by atoms with Crippen molar-refractivity contribution in [1.29, 1.82) is 0 Å². The Morgan fingerprint density at radius 2 is 2.11 bits per heavy atom. The first-order chi connectivity index (χ1) is 8.78. The van der Waals surface area contributed by atoms with Crippen molar-refractivity contribution in [2.45, 2.75) is 0 Å². The molecule has 0 fully saturated rings. The second kappa shape index (κ2) is 4.14. The summed E-state index contributed by atoms with van der Waals surface area (Å²) >= 11 is 0. The van der Waals surface area contributed by atoms with Gasteiger partial charge in [0.2, 0.25) is 0 Å². The topological polar surface area (TPSA) is 26.5 Å². The summed E-state index contributed by atoms with van der Waals surface area (Å²) in [6, 6.07) is 10.1. The zero-order valence-electron chi connectivity index (χ0n) is 9.80. The molecule has 2 heterocycles. The molecule has 1 aromatic carbocycles. The van der Waals surface area contributed by atoms with Crippen LogP contribution in [0.4, 0.5) is 4.39 Å². The molecule has 0 saturated carbocycles. The second-order valence-electron chi connectivity index (χ2n) is 3.94. The van der Waals surface area contributed by atoms with Gasteiger partial charge in [0.1, 0.15) is 5.82 Å². The fourth-order valence-corrected chi connectivity index (χ4v) is 1.93. The first kappa shape index (κ1) is 10.8. The van der Waals surface area contributed by atoms with Crippen LogP contribution >= 0.6 is 0 Å². The number of benzene rings is 1. The lowest BCUT2D eigenvalue weighted by Crippen LogP contribution is -1.88. The summed E-state index contributed by atoms with van der Waals surface area (Å²) in [4.78, 5) is 4.47. The predicted molar refractivity (Wildman–Crippen MR) is 67.1 cm³/mol. The Morgan fingerprint density at radius 1 is 1.22 bits per heavy atom. The van der Waals surface area contributed by atoms with Gasteiger partial charge in [-0.1, -0.05) is 12.1 Å². The Kier molecular flexibility index (Phi) is 2.48. The number of imidazole rings is 1. The number of nitrogens with zero attached hydrogens (tertiary/aromatic N) is 2. The summed E-state index contributed by atoms with van der Waals surface area (Å²) in [7, 11) is 1.60. The summed E-state index contributed by atoms with van der Waals surface area (Å²) in [5, 5.41) is 0. The first-order valence-corrected chi connectivity index (χ1v) is 5.55. The van der Waals surface area contributed by atoms with E-state index in [1.807, 2.05) is 35.0 Å². The van der Waals surface area contributed by atoms with Crippen molar-refractivity contribution in [2.75, 3.05) is 7.11 Å². The van der Waals surface area contributed by atoms with Gasteiger partial charge in [-0.2, -0.15) is 0 Å². The maximum absolute atomic E-state index is 13.2. The van der Waals surface area contributed by atoms with E-state index < -0.39 is 0 Å². The average molecular weight is 242 g/mol. The van der Waals surface area contributed by atoms with Crippen LogP contribution in [0.5, 0.6) is 5.75 Å². The van der Waals surface area contributed by atoms with Gasteiger partial charge < -0.3 is 9.14 Å². The Hall–Kier alpha value is -2.36. The van der Waals surface area contributed by atoms with E-state index in [4.69, 9.17) is 4.74 Å². The van der Waals surface area contributed by atoms with Gasteiger partial charge in [0.05, 0.1) is 12.8 Å². The summed E-state index contributed by atoms with van der Waals surface area (Å²) in [6.07, 6.45) is 3.74. The van der Waals surface area contributed by atoms with Gasteiger partial charge in [0, 0.05) is 18.0 Å². The molecule has 0 N–H and O–H groups in total. The van der Waals surface area contributed by atoms with Crippen LogP contribution in [-0.4, -0.2) is 16.5 Å². The van der Waals surface area contributed by atoms with Crippen LogP contribution in [0.1, 0.15) is 0 Å². The van der Waals surface area contributed by atoms with Gasteiger partial charge in [0.25, 0.3) is 0 Å². The minimum atomic E-state index is -0.267. The fourth-order valence-electron chi connectivity index (χ4n) is 1.93. The van der Waals surface area contributed by atoms with Crippen LogP contribution in [0, 0.1) is 5.82 Å². The third-order valence-corrected chi connectivity index (χ3v) is 2.79. The third kappa shape index (κ3) is 1.72. The first-order valence-electron chi connectivity index (χ1n) is 5.55. The molecular weight excluding hydrogens is 231 g/mol. The molecule has 0 saturated heterocycles. The third-order valence-electron chi connectivity index (χ3n) is 2.79. The van der Waals surface area contributed by atoms with Crippen LogP contribution in [0.15, 0.2) is 48.8 Å². The number of methoxy groups -OCH3 is 1. The van der Waals surface area contributed by atoms with Crippen molar-refractivity contribution in [2.24, 2.45) is 0 Å². The number of hydrogen-bond acceptors (Lipinski definition) is 2. The van der Waals surface area contributed by atoms with Crippen molar-refractivity contribution >= 4 is 5.65 Å².